The van der Waals surface area contributed by atoms with Gasteiger partial charge >= 0.3 is 0 Å². The number of rotatable bonds is 2. The zero-order chi connectivity index (χ0) is 11.7. The predicted molar refractivity (Wildman–Crippen MR) is 68.5 cm³/mol. The lowest BCUT2D eigenvalue weighted by Crippen LogP contribution is -1.96. The van der Waals surface area contributed by atoms with Gasteiger partial charge in [0.15, 0.2) is 0 Å². The molecule has 0 spiro atoms. The molecule has 1 aliphatic rings. The Morgan fingerprint density at radius 1 is 1.41 bits per heavy atom. The van der Waals surface area contributed by atoms with Gasteiger partial charge in [-0.2, -0.15) is 0 Å². The Morgan fingerprint density at radius 2 is 2.35 bits per heavy atom. The number of ether oxygens (including phenoxy) is 1. The quantitative estimate of drug-likeness (QED) is 0.782. The number of hydrogen-bond acceptors (Lipinski definition) is 4. The molecular weight excluding hydrogens is 256 g/mol. The molecule has 0 N–H and O–H groups in total. The van der Waals surface area contributed by atoms with Crippen LogP contribution in [0.25, 0.3) is 11.3 Å². The first-order valence-electron chi connectivity index (χ1n) is 5.48. The molecule has 1 aliphatic heterocycles. The molecule has 88 valence electrons. The van der Waals surface area contributed by atoms with Crippen LogP contribution in [0.4, 0.5) is 0 Å². The van der Waals surface area contributed by atoms with Crippen LogP contribution in [0.5, 0.6) is 0 Å². The summed E-state index contributed by atoms with van der Waals surface area (Å²) in [5.41, 5.74) is 1.98. The number of nitrogens with zero attached hydrogens (tertiary/aromatic N) is 2. The Balaban J connectivity index is 1.86. The molecule has 1 saturated heterocycles. The fourth-order valence-electron chi connectivity index (χ4n) is 1.86. The molecule has 0 radical (unpaired) electrons. The topological polar surface area (TPSA) is 35.0 Å². The number of hydrogen-bond donors (Lipinski definition) is 0. The van der Waals surface area contributed by atoms with Crippen molar-refractivity contribution in [1.29, 1.82) is 0 Å². The Bertz CT molecular complexity index is 505. The van der Waals surface area contributed by atoms with Gasteiger partial charge in [-0.3, -0.25) is 0 Å². The van der Waals surface area contributed by atoms with Gasteiger partial charge in [0, 0.05) is 29.7 Å². The molecule has 0 aliphatic carbocycles. The van der Waals surface area contributed by atoms with Crippen LogP contribution in [0.15, 0.2) is 23.7 Å². The van der Waals surface area contributed by atoms with Gasteiger partial charge in [0.25, 0.3) is 0 Å². The molecule has 5 heteroatoms. The van der Waals surface area contributed by atoms with Crippen molar-refractivity contribution in [3.63, 3.8) is 0 Å². The first-order chi connectivity index (χ1) is 8.33. The molecule has 1 unspecified atom stereocenters. The fraction of sp³-hybridized carbons (Fsp3) is 0.333. The maximum Gasteiger partial charge on any atom is 0.129 e. The number of halogens is 1. The first-order valence-corrected chi connectivity index (χ1v) is 6.74. The summed E-state index contributed by atoms with van der Waals surface area (Å²) in [6.07, 6.45) is 2.83. The van der Waals surface area contributed by atoms with Crippen LogP contribution in [-0.4, -0.2) is 23.2 Å². The van der Waals surface area contributed by atoms with E-state index in [1.54, 1.807) is 23.6 Å². The average Bonchev–Trinajstić information content (AvgIpc) is 3.00. The highest BCUT2D eigenvalue weighted by atomic mass is 35.5. The van der Waals surface area contributed by atoms with Crippen molar-refractivity contribution >= 4 is 22.9 Å². The Morgan fingerprint density at radius 3 is 3.06 bits per heavy atom. The van der Waals surface area contributed by atoms with Gasteiger partial charge in [-0.25, -0.2) is 9.97 Å². The van der Waals surface area contributed by atoms with Crippen LogP contribution in [0.2, 0.25) is 5.15 Å². The second-order valence-electron chi connectivity index (χ2n) is 4.00. The summed E-state index contributed by atoms with van der Waals surface area (Å²) >= 11 is 7.46. The van der Waals surface area contributed by atoms with E-state index in [4.69, 9.17) is 16.3 Å². The third kappa shape index (κ3) is 2.34. The third-order valence-corrected chi connectivity index (χ3v) is 4.05. The molecule has 1 atom stereocenters. The Kier molecular flexibility index (Phi) is 3.09. The van der Waals surface area contributed by atoms with Gasteiger partial charge in [0.1, 0.15) is 5.15 Å². The summed E-state index contributed by atoms with van der Waals surface area (Å²) in [5.74, 6) is 0.467. The summed E-state index contributed by atoms with van der Waals surface area (Å²) in [6.45, 7) is 1.65. The van der Waals surface area contributed by atoms with Crippen LogP contribution >= 0.6 is 22.9 Å². The molecule has 2 aromatic rings. The van der Waals surface area contributed by atoms with E-state index in [-0.39, 0.29) is 0 Å². The minimum absolute atomic E-state index is 0.467. The zero-order valence-electron chi connectivity index (χ0n) is 9.10. The molecule has 0 amide bonds. The number of thiazole rings is 1. The van der Waals surface area contributed by atoms with E-state index < -0.39 is 0 Å². The highest BCUT2D eigenvalue weighted by molar-refractivity contribution is 7.10. The molecule has 3 heterocycles. The molecule has 0 bridgehead atoms. The molecular formula is C12H11ClN2OS. The molecule has 1 fully saturated rings. The summed E-state index contributed by atoms with van der Waals surface area (Å²) in [4.78, 5) is 8.72. The molecule has 3 rings (SSSR count). The van der Waals surface area contributed by atoms with Gasteiger partial charge < -0.3 is 4.74 Å². The number of pyridine rings is 1. The van der Waals surface area contributed by atoms with Crippen LogP contribution in [0.3, 0.4) is 0 Å². The minimum Gasteiger partial charge on any atom is -0.381 e. The lowest BCUT2D eigenvalue weighted by molar-refractivity contribution is 0.194. The summed E-state index contributed by atoms with van der Waals surface area (Å²) < 4.78 is 5.38. The Labute approximate surface area is 108 Å². The van der Waals surface area contributed by atoms with Crippen LogP contribution < -0.4 is 0 Å². The zero-order valence-corrected chi connectivity index (χ0v) is 10.7. The second kappa shape index (κ2) is 4.72. The van der Waals surface area contributed by atoms with Crippen molar-refractivity contribution < 1.29 is 4.74 Å². The molecule has 2 aromatic heterocycles. The summed E-state index contributed by atoms with van der Waals surface area (Å²) in [6, 6.07) is 3.73. The lowest BCUT2D eigenvalue weighted by Gasteiger charge is -2.01. The van der Waals surface area contributed by atoms with Crippen LogP contribution in [-0.2, 0) is 4.74 Å². The van der Waals surface area contributed by atoms with Crippen molar-refractivity contribution in [1.82, 2.24) is 9.97 Å². The largest absolute Gasteiger partial charge is 0.381 e. The van der Waals surface area contributed by atoms with Gasteiger partial charge in [-0.1, -0.05) is 11.6 Å². The maximum absolute atomic E-state index is 5.76. The lowest BCUT2D eigenvalue weighted by atomic mass is 10.1. The second-order valence-corrected chi connectivity index (χ2v) is 5.28. The normalized spacial score (nSPS) is 19.7. The van der Waals surface area contributed by atoms with Crippen molar-refractivity contribution in [2.75, 3.05) is 13.2 Å². The van der Waals surface area contributed by atoms with E-state index in [1.807, 2.05) is 6.07 Å². The Hall–Kier alpha value is -0.970. The van der Waals surface area contributed by atoms with E-state index in [1.165, 1.54) is 0 Å². The van der Waals surface area contributed by atoms with Crippen LogP contribution in [0.1, 0.15) is 17.3 Å². The van der Waals surface area contributed by atoms with E-state index in [0.29, 0.717) is 11.1 Å². The third-order valence-electron chi connectivity index (χ3n) is 2.82. The van der Waals surface area contributed by atoms with E-state index in [2.05, 4.69) is 15.3 Å². The van der Waals surface area contributed by atoms with Crippen LogP contribution in [0, 0.1) is 0 Å². The monoisotopic (exact) mass is 266 g/mol. The highest BCUT2D eigenvalue weighted by Gasteiger charge is 2.21. The van der Waals surface area contributed by atoms with E-state index in [9.17, 15) is 0 Å². The molecule has 17 heavy (non-hydrogen) atoms. The van der Waals surface area contributed by atoms with Gasteiger partial charge in [-0.15, -0.1) is 11.3 Å². The SMILES string of the molecule is Clc1ccc(-c2csc(C3CCOC3)n2)cn1. The smallest absolute Gasteiger partial charge is 0.129 e. The standard InChI is InChI=1S/C12H11ClN2OS/c13-11-2-1-8(5-14-11)10-7-17-12(15-10)9-3-4-16-6-9/h1-2,5,7,9H,3-4,6H2. The molecule has 0 saturated carbocycles. The van der Waals surface area contributed by atoms with Crippen molar-refractivity contribution in [2.24, 2.45) is 0 Å². The fourth-order valence-corrected chi connectivity index (χ4v) is 2.93. The van der Waals surface area contributed by atoms with Crippen molar-refractivity contribution in [2.45, 2.75) is 12.3 Å². The highest BCUT2D eigenvalue weighted by Crippen LogP contribution is 2.30. The van der Waals surface area contributed by atoms with Crippen molar-refractivity contribution in [3.05, 3.63) is 33.9 Å². The van der Waals surface area contributed by atoms with Gasteiger partial charge in [0.2, 0.25) is 0 Å². The number of aromatic nitrogens is 2. The molecule has 0 aromatic carbocycles. The van der Waals surface area contributed by atoms with Gasteiger partial charge in [0.05, 0.1) is 17.3 Å². The minimum atomic E-state index is 0.467. The van der Waals surface area contributed by atoms with E-state index in [0.717, 1.165) is 35.9 Å². The van der Waals surface area contributed by atoms with Gasteiger partial charge in [-0.05, 0) is 18.6 Å². The predicted octanol–water partition coefficient (Wildman–Crippen LogP) is 3.36. The maximum atomic E-state index is 5.76. The average molecular weight is 267 g/mol. The first kappa shape index (κ1) is 11.1. The molecule has 3 nitrogen and oxygen atoms in total. The summed E-state index contributed by atoms with van der Waals surface area (Å²) in [7, 11) is 0. The van der Waals surface area contributed by atoms with Crippen molar-refractivity contribution in [3.8, 4) is 11.3 Å². The van der Waals surface area contributed by atoms with E-state index >= 15 is 0 Å². The summed E-state index contributed by atoms with van der Waals surface area (Å²) in [5, 5.41) is 3.74.